The first-order chi connectivity index (χ1) is 14.0. The van der Waals surface area contributed by atoms with Crippen molar-refractivity contribution in [1.82, 2.24) is 5.32 Å². The fourth-order valence-corrected chi connectivity index (χ4v) is 3.67. The molecule has 0 unspecified atom stereocenters. The third-order valence-corrected chi connectivity index (χ3v) is 4.88. The predicted octanol–water partition coefficient (Wildman–Crippen LogP) is 3.85. The van der Waals surface area contributed by atoms with Crippen molar-refractivity contribution < 1.29 is 35.5 Å². The highest BCUT2D eigenvalue weighted by molar-refractivity contribution is 7.89. The molecule has 10 heteroatoms. The van der Waals surface area contributed by atoms with Crippen molar-refractivity contribution in [2.75, 3.05) is 12.9 Å². The smallest absolute Gasteiger partial charge is 0.422 e. The van der Waals surface area contributed by atoms with Crippen LogP contribution in [0.3, 0.4) is 0 Å². The second-order valence-electron chi connectivity index (χ2n) is 6.71. The summed E-state index contributed by atoms with van der Waals surface area (Å²) in [5.41, 5.74) is 1.14. The summed E-state index contributed by atoms with van der Waals surface area (Å²) in [6.07, 6.45) is -3.40. The van der Waals surface area contributed by atoms with Crippen LogP contribution in [-0.4, -0.2) is 33.4 Å². The number of hydrogen-bond acceptors (Lipinski definition) is 5. The molecule has 0 spiro atoms. The Kier molecular flexibility index (Phi) is 6.06. The van der Waals surface area contributed by atoms with Crippen LogP contribution in [-0.2, 0) is 22.1 Å². The quantitative estimate of drug-likeness (QED) is 0.602. The second kappa shape index (κ2) is 8.39. The third kappa shape index (κ3) is 5.76. The van der Waals surface area contributed by atoms with E-state index in [0.717, 1.165) is 6.26 Å². The number of sulfone groups is 1. The zero-order valence-corrected chi connectivity index (χ0v) is 16.6. The molecule has 2 aromatic carbocycles. The van der Waals surface area contributed by atoms with Gasteiger partial charge in [-0.1, -0.05) is 30.3 Å². The van der Waals surface area contributed by atoms with Gasteiger partial charge >= 0.3 is 6.18 Å². The van der Waals surface area contributed by atoms with Crippen molar-refractivity contribution in [2.45, 2.75) is 18.5 Å². The van der Waals surface area contributed by atoms with Crippen LogP contribution in [0.15, 0.2) is 52.9 Å². The molecule has 0 aliphatic rings. The van der Waals surface area contributed by atoms with Crippen LogP contribution >= 0.6 is 0 Å². The molecule has 3 rings (SSSR count). The summed E-state index contributed by atoms with van der Waals surface area (Å²) in [5, 5.41) is 3.12. The largest absolute Gasteiger partial charge is 0.484 e. The van der Waals surface area contributed by atoms with Gasteiger partial charge in [0.25, 0.3) is 5.91 Å². The number of rotatable bonds is 7. The molecule has 1 amide bonds. The molecule has 0 fully saturated rings. The first-order valence-corrected chi connectivity index (χ1v) is 10.8. The van der Waals surface area contributed by atoms with Crippen molar-refractivity contribution in [3.8, 4) is 5.75 Å². The topological polar surface area (TPSA) is 85.6 Å². The molecule has 0 aliphatic carbocycles. The number of alkyl halides is 3. The molecule has 6 nitrogen and oxygen atoms in total. The second-order valence-corrected chi connectivity index (χ2v) is 8.85. The molecule has 1 N–H and O–H groups in total. The Bertz CT molecular complexity index is 1170. The van der Waals surface area contributed by atoms with E-state index in [1.807, 2.05) is 0 Å². The molecule has 0 atom stereocenters. The normalized spacial score (nSPS) is 12.1. The Labute approximate surface area is 170 Å². The fourth-order valence-electron chi connectivity index (χ4n) is 2.86. The molecule has 1 heterocycles. The van der Waals surface area contributed by atoms with Gasteiger partial charge in [-0.25, -0.2) is 8.42 Å². The van der Waals surface area contributed by atoms with Gasteiger partial charge in [0.1, 0.15) is 11.3 Å². The van der Waals surface area contributed by atoms with E-state index < -0.39 is 28.5 Å². The Morgan fingerprint density at radius 2 is 1.87 bits per heavy atom. The number of fused-ring (bicyclic) bond motifs is 1. The number of amides is 1. The predicted molar refractivity (Wildman–Crippen MR) is 104 cm³/mol. The van der Waals surface area contributed by atoms with Gasteiger partial charge in [-0.2, -0.15) is 13.2 Å². The van der Waals surface area contributed by atoms with Crippen LogP contribution in [0.1, 0.15) is 21.7 Å². The summed E-state index contributed by atoms with van der Waals surface area (Å²) in [7, 11) is -3.43. The van der Waals surface area contributed by atoms with E-state index in [4.69, 9.17) is 9.15 Å². The van der Waals surface area contributed by atoms with Crippen molar-refractivity contribution in [1.29, 1.82) is 0 Å². The first kappa shape index (κ1) is 21.7. The zero-order valence-electron chi connectivity index (χ0n) is 15.8. The maximum atomic E-state index is 12.7. The van der Waals surface area contributed by atoms with Crippen LogP contribution in [0, 0.1) is 0 Å². The van der Waals surface area contributed by atoms with Gasteiger partial charge in [-0.05, 0) is 23.8 Å². The summed E-state index contributed by atoms with van der Waals surface area (Å²) >= 11 is 0. The lowest BCUT2D eigenvalue weighted by Crippen LogP contribution is -2.24. The summed E-state index contributed by atoms with van der Waals surface area (Å²) in [4.78, 5) is 12.7. The summed E-state index contributed by atoms with van der Waals surface area (Å²) in [6.45, 7) is -1.44. The van der Waals surface area contributed by atoms with Gasteiger partial charge in [-0.3, -0.25) is 4.79 Å². The Balaban J connectivity index is 1.77. The number of ether oxygens (including phenoxy) is 1. The molecule has 0 saturated heterocycles. The van der Waals surface area contributed by atoms with E-state index in [1.54, 1.807) is 30.3 Å². The standard InChI is InChI=1S/C20H18F3NO5S/c1-30(26,27)11-16-15-7-2-3-8-17(15)29-18(16)19(25)24-10-13-5-4-6-14(9-13)28-12-20(21,22)23/h2-9H,10-12H2,1H3,(H,24,25). The molecule has 30 heavy (non-hydrogen) atoms. The average Bonchev–Trinajstić information content (AvgIpc) is 3.01. The SMILES string of the molecule is CS(=O)(=O)Cc1c(C(=O)NCc2cccc(OCC(F)(F)F)c2)oc2ccccc12. The molecule has 0 saturated carbocycles. The van der Waals surface area contributed by atoms with Crippen LogP contribution in [0.2, 0.25) is 0 Å². The lowest BCUT2D eigenvalue weighted by Gasteiger charge is -2.10. The summed E-state index contributed by atoms with van der Waals surface area (Å²) in [5.74, 6) is -1.11. The number of para-hydroxylation sites is 1. The van der Waals surface area contributed by atoms with Crippen molar-refractivity contribution in [3.63, 3.8) is 0 Å². The Morgan fingerprint density at radius 1 is 1.13 bits per heavy atom. The van der Waals surface area contributed by atoms with Crippen LogP contribution in [0.25, 0.3) is 11.0 Å². The summed E-state index contributed by atoms with van der Waals surface area (Å²) in [6, 6.07) is 12.6. The maximum Gasteiger partial charge on any atom is 0.422 e. The van der Waals surface area contributed by atoms with Gasteiger partial charge in [0, 0.05) is 23.8 Å². The number of carbonyl (C=O) groups is 1. The molecule has 0 aliphatic heterocycles. The van der Waals surface area contributed by atoms with Crippen molar-refractivity contribution in [3.05, 3.63) is 65.4 Å². The Morgan fingerprint density at radius 3 is 2.57 bits per heavy atom. The first-order valence-electron chi connectivity index (χ1n) is 8.77. The molecule has 0 bridgehead atoms. The molecule has 3 aromatic rings. The minimum Gasteiger partial charge on any atom is -0.484 e. The van der Waals surface area contributed by atoms with Gasteiger partial charge in [-0.15, -0.1) is 0 Å². The van der Waals surface area contributed by atoms with E-state index >= 15 is 0 Å². The highest BCUT2D eigenvalue weighted by Gasteiger charge is 2.28. The summed E-state index contributed by atoms with van der Waals surface area (Å²) < 4.78 is 70.7. The minimum absolute atomic E-state index is 0.0144. The van der Waals surface area contributed by atoms with Crippen LogP contribution in [0.5, 0.6) is 5.75 Å². The van der Waals surface area contributed by atoms with E-state index in [9.17, 15) is 26.4 Å². The van der Waals surface area contributed by atoms with Crippen LogP contribution in [0.4, 0.5) is 13.2 Å². The number of halogens is 3. The third-order valence-electron chi connectivity index (χ3n) is 4.07. The highest BCUT2D eigenvalue weighted by Crippen LogP contribution is 2.27. The van der Waals surface area contributed by atoms with E-state index in [1.165, 1.54) is 18.2 Å². The lowest BCUT2D eigenvalue weighted by atomic mass is 10.1. The van der Waals surface area contributed by atoms with Gasteiger partial charge < -0.3 is 14.5 Å². The van der Waals surface area contributed by atoms with Gasteiger partial charge in [0.2, 0.25) is 0 Å². The van der Waals surface area contributed by atoms with Gasteiger partial charge in [0.15, 0.2) is 22.2 Å². The monoisotopic (exact) mass is 441 g/mol. The zero-order chi connectivity index (χ0) is 21.9. The van der Waals surface area contributed by atoms with E-state index in [-0.39, 0.29) is 29.4 Å². The average molecular weight is 441 g/mol. The van der Waals surface area contributed by atoms with E-state index in [2.05, 4.69) is 5.32 Å². The lowest BCUT2D eigenvalue weighted by molar-refractivity contribution is -0.153. The molecule has 0 radical (unpaired) electrons. The number of carbonyl (C=O) groups excluding carboxylic acids is 1. The van der Waals surface area contributed by atoms with Crippen molar-refractivity contribution in [2.24, 2.45) is 0 Å². The number of nitrogens with one attached hydrogen (secondary N) is 1. The molecule has 160 valence electrons. The van der Waals surface area contributed by atoms with Crippen LogP contribution < -0.4 is 10.1 Å². The van der Waals surface area contributed by atoms with Crippen molar-refractivity contribution >= 4 is 26.7 Å². The number of benzene rings is 2. The highest BCUT2D eigenvalue weighted by atomic mass is 32.2. The molecular formula is C20H18F3NO5S. The van der Waals surface area contributed by atoms with Gasteiger partial charge in [0.05, 0.1) is 5.75 Å². The molecule has 1 aromatic heterocycles. The number of furan rings is 1. The minimum atomic E-state index is -4.46. The van der Waals surface area contributed by atoms with E-state index in [0.29, 0.717) is 16.5 Å². The Hall–Kier alpha value is -3.01. The molecular weight excluding hydrogens is 423 g/mol. The fraction of sp³-hybridized carbons (Fsp3) is 0.250. The maximum absolute atomic E-state index is 12.7. The number of hydrogen-bond donors (Lipinski definition) is 1.